The lowest BCUT2D eigenvalue weighted by Gasteiger charge is -2.21. The highest BCUT2D eigenvalue weighted by atomic mass is 127. The summed E-state index contributed by atoms with van der Waals surface area (Å²) in [5.41, 5.74) is 6.46. The Morgan fingerprint density at radius 3 is 2.33 bits per heavy atom. The van der Waals surface area contributed by atoms with E-state index in [2.05, 4.69) is 74.9 Å². The van der Waals surface area contributed by atoms with Gasteiger partial charge < -0.3 is 0 Å². The summed E-state index contributed by atoms with van der Waals surface area (Å²) in [6.45, 7) is 11.5. The smallest absolute Gasteiger partial charge is 0.0698 e. The molecule has 1 saturated carbocycles. The predicted octanol–water partition coefficient (Wildman–Crippen LogP) is 8.19. The summed E-state index contributed by atoms with van der Waals surface area (Å²) in [5, 5.41) is 0. The van der Waals surface area contributed by atoms with Crippen LogP contribution in [-0.2, 0) is 0 Å². The molecule has 2 rings (SSSR count). The van der Waals surface area contributed by atoms with E-state index in [-0.39, 0.29) is 5.56 Å². The van der Waals surface area contributed by atoms with Gasteiger partial charge in [0, 0.05) is 11.4 Å². The number of rotatable bonds is 7. The average Bonchev–Trinajstić information content (AvgIpc) is 3.00. The highest BCUT2D eigenvalue weighted by molar-refractivity contribution is 14.2. The van der Waals surface area contributed by atoms with Crippen LogP contribution < -0.4 is 0 Å². The Bertz CT molecular complexity index is 539. The van der Waals surface area contributed by atoms with Crippen LogP contribution in [0.1, 0.15) is 89.7 Å². The molecular weight excluding hydrogens is 424 g/mol. The van der Waals surface area contributed by atoms with Crippen molar-refractivity contribution in [1.82, 2.24) is 0 Å². The van der Waals surface area contributed by atoms with E-state index >= 15 is 0 Å². The molecule has 0 bridgehead atoms. The molecular formula is C21H33INP. The highest BCUT2D eigenvalue weighted by Crippen LogP contribution is 2.55. The van der Waals surface area contributed by atoms with E-state index in [4.69, 9.17) is 4.99 Å². The average molecular weight is 457 g/mol. The van der Waals surface area contributed by atoms with E-state index in [9.17, 15) is 0 Å². The molecule has 134 valence electrons. The zero-order valence-corrected chi connectivity index (χ0v) is 19.0. The fourth-order valence-electron chi connectivity index (χ4n) is 3.49. The first-order valence-corrected chi connectivity index (χ1v) is 14.0. The minimum absolute atomic E-state index is 0.0662. The Balaban J connectivity index is 2.38. The maximum absolute atomic E-state index is 5.34. The summed E-state index contributed by atoms with van der Waals surface area (Å²) in [6, 6.07) is 6.78. The van der Waals surface area contributed by atoms with Crippen LogP contribution in [0.2, 0.25) is 0 Å². The largest absolute Gasteiger partial charge is 0.257 e. The van der Waals surface area contributed by atoms with Crippen LogP contribution in [0.3, 0.4) is 0 Å². The highest BCUT2D eigenvalue weighted by Gasteiger charge is 2.29. The molecule has 1 fully saturated rings. The van der Waals surface area contributed by atoms with Gasteiger partial charge in [0.25, 0.3) is 0 Å². The molecule has 0 radical (unpaired) electrons. The van der Waals surface area contributed by atoms with Gasteiger partial charge >= 0.3 is 0 Å². The Labute approximate surface area is 163 Å². The van der Waals surface area contributed by atoms with Gasteiger partial charge in [0.05, 0.1) is 5.69 Å². The quantitative estimate of drug-likeness (QED) is 0.289. The molecule has 0 N–H and O–H groups in total. The van der Waals surface area contributed by atoms with Crippen molar-refractivity contribution in [3.05, 3.63) is 29.3 Å². The van der Waals surface area contributed by atoms with Gasteiger partial charge in [-0.3, -0.25) is 4.99 Å². The lowest BCUT2D eigenvalue weighted by atomic mass is 9.93. The van der Waals surface area contributed by atoms with E-state index in [0.717, 1.165) is 5.66 Å². The van der Waals surface area contributed by atoms with Crippen molar-refractivity contribution in [1.29, 1.82) is 0 Å². The van der Waals surface area contributed by atoms with Crippen molar-refractivity contribution >= 4 is 39.0 Å². The second kappa shape index (κ2) is 9.67. The molecule has 1 aliphatic rings. The SMILES string of the molecule is CCCCP(I)C1CCCC1=Nc1c(C(C)C)cccc1C(C)C. The first-order chi connectivity index (χ1) is 11.5. The molecule has 2 atom stereocenters. The number of halogens is 1. The molecule has 0 heterocycles. The maximum Gasteiger partial charge on any atom is 0.0698 e. The van der Waals surface area contributed by atoms with Gasteiger partial charge in [0.2, 0.25) is 0 Å². The summed E-state index contributed by atoms with van der Waals surface area (Å²) in [6.07, 6.45) is 7.99. The topological polar surface area (TPSA) is 12.4 Å². The normalized spacial score (nSPS) is 21.2. The summed E-state index contributed by atoms with van der Waals surface area (Å²) in [5.74, 6) is 1.06. The third-order valence-electron chi connectivity index (χ3n) is 4.96. The van der Waals surface area contributed by atoms with Crippen LogP contribution in [0.4, 0.5) is 5.69 Å². The molecule has 0 aromatic heterocycles. The van der Waals surface area contributed by atoms with Gasteiger partial charge in [-0.05, 0) is 60.4 Å². The van der Waals surface area contributed by atoms with Gasteiger partial charge in [-0.2, -0.15) is 0 Å². The van der Waals surface area contributed by atoms with Crippen molar-refractivity contribution in [3.63, 3.8) is 0 Å². The van der Waals surface area contributed by atoms with Crippen molar-refractivity contribution in [2.45, 2.75) is 84.2 Å². The summed E-state index contributed by atoms with van der Waals surface area (Å²) in [4.78, 5) is 5.34. The summed E-state index contributed by atoms with van der Waals surface area (Å²) < 4.78 is 0. The zero-order valence-electron chi connectivity index (χ0n) is 16.0. The van der Waals surface area contributed by atoms with Gasteiger partial charge in [-0.1, -0.05) is 81.3 Å². The molecule has 0 aliphatic heterocycles. The first-order valence-electron chi connectivity index (χ1n) is 9.58. The second-order valence-corrected chi connectivity index (χ2v) is 13.2. The number of para-hydroxylation sites is 1. The van der Waals surface area contributed by atoms with Gasteiger partial charge in [-0.25, -0.2) is 0 Å². The van der Waals surface area contributed by atoms with E-state index in [0.29, 0.717) is 11.8 Å². The number of unbranched alkanes of at least 4 members (excludes halogenated alkanes) is 1. The van der Waals surface area contributed by atoms with Crippen molar-refractivity contribution in [3.8, 4) is 0 Å². The fourth-order valence-corrected chi connectivity index (χ4v) is 8.22. The minimum atomic E-state index is 0.0662. The minimum Gasteiger partial charge on any atom is -0.257 e. The Morgan fingerprint density at radius 1 is 1.17 bits per heavy atom. The van der Waals surface area contributed by atoms with Crippen LogP contribution >= 0.6 is 27.6 Å². The lowest BCUT2D eigenvalue weighted by molar-refractivity contribution is 0.834. The number of hydrogen-bond acceptors (Lipinski definition) is 1. The van der Waals surface area contributed by atoms with E-state index in [1.807, 2.05) is 0 Å². The monoisotopic (exact) mass is 457 g/mol. The molecule has 1 aliphatic carbocycles. The van der Waals surface area contributed by atoms with Crippen LogP contribution in [0.15, 0.2) is 23.2 Å². The number of aliphatic imine (C=N–C) groups is 1. The molecule has 1 nitrogen and oxygen atoms in total. The van der Waals surface area contributed by atoms with Crippen LogP contribution in [0.5, 0.6) is 0 Å². The fraction of sp³-hybridized carbons (Fsp3) is 0.667. The van der Waals surface area contributed by atoms with Gasteiger partial charge in [0.15, 0.2) is 0 Å². The molecule has 0 saturated heterocycles. The number of hydrogen-bond donors (Lipinski definition) is 0. The van der Waals surface area contributed by atoms with Crippen LogP contribution in [0, 0.1) is 0 Å². The standard InChI is InChI=1S/C21H33INP/c1-6-7-14-24(22)20-13-9-12-19(20)23-21-17(15(2)3)10-8-11-18(21)16(4)5/h8,10-11,15-16,20H,6-7,9,12-14H2,1-5H3. The molecule has 0 amide bonds. The molecule has 1 aromatic carbocycles. The van der Waals surface area contributed by atoms with E-state index in [1.54, 1.807) is 0 Å². The number of nitrogens with zero attached hydrogens (tertiary/aromatic N) is 1. The lowest BCUT2D eigenvalue weighted by Crippen LogP contribution is -2.11. The van der Waals surface area contributed by atoms with E-state index < -0.39 is 0 Å². The summed E-state index contributed by atoms with van der Waals surface area (Å²) in [7, 11) is 0. The molecule has 1 aromatic rings. The molecule has 3 heteroatoms. The molecule has 2 unspecified atom stereocenters. The first kappa shape index (κ1) is 20.4. The van der Waals surface area contributed by atoms with Gasteiger partial charge in [-0.15, -0.1) is 0 Å². The molecule has 0 spiro atoms. The van der Waals surface area contributed by atoms with Crippen molar-refractivity contribution < 1.29 is 0 Å². The Morgan fingerprint density at radius 2 is 1.79 bits per heavy atom. The van der Waals surface area contributed by atoms with Gasteiger partial charge in [0.1, 0.15) is 0 Å². The predicted molar refractivity (Wildman–Crippen MR) is 120 cm³/mol. The Kier molecular flexibility index (Phi) is 8.20. The zero-order chi connectivity index (χ0) is 17.7. The van der Waals surface area contributed by atoms with E-state index in [1.165, 1.54) is 60.8 Å². The van der Waals surface area contributed by atoms with Crippen molar-refractivity contribution in [2.24, 2.45) is 4.99 Å². The van der Waals surface area contributed by atoms with Crippen LogP contribution in [-0.4, -0.2) is 17.5 Å². The third-order valence-corrected chi connectivity index (χ3v) is 10.4. The number of benzene rings is 1. The van der Waals surface area contributed by atoms with Crippen molar-refractivity contribution in [2.75, 3.05) is 6.16 Å². The summed E-state index contributed by atoms with van der Waals surface area (Å²) >= 11 is 2.75. The Hall–Kier alpha value is 0.0500. The van der Waals surface area contributed by atoms with Crippen LogP contribution in [0.25, 0.3) is 0 Å². The maximum atomic E-state index is 5.34. The second-order valence-electron chi connectivity index (χ2n) is 7.58. The molecule has 24 heavy (non-hydrogen) atoms. The third kappa shape index (κ3) is 5.04.